The normalized spacial score (nSPS) is 19.6. The molecule has 6 nitrogen and oxygen atoms in total. The van der Waals surface area contributed by atoms with Crippen molar-refractivity contribution in [1.29, 1.82) is 0 Å². The van der Waals surface area contributed by atoms with Crippen LogP contribution in [0.15, 0.2) is 23.0 Å². The molecule has 0 radical (unpaired) electrons. The van der Waals surface area contributed by atoms with Crippen LogP contribution in [0.5, 0.6) is 0 Å². The van der Waals surface area contributed by atoms with Crippen molar-refractivity contribution >= 4 is 11.8 Å². The average molecular weight is 336 g/mol. The Morgan fingerprint density at radius 1 is 1.46 bits per heavy atom. The minimum atomic E-state index is -0.900. The molecule has 134 valence electrons. The number of carbonyl (C=O) groups is 2. The fraction of sp³-hybridized carbons (Fsp3) is 0.667. The zero-order valence-electron chi connectivity index (χ0n) is 14.7. The molecule has 0 aliphatic carbocycles. The summed E-state index contributed by atoms with van der Waals surface area (Å²) < 4.78 is 4.94. The SMILES string of the molecule is CCC(C)C(C)(O)CNC(=O)C1CCN(C(=O)c2ccoc2)CC1. The third-order valence-corrected chi connectivity index (χ3v) is 5.22. The van der Waals surface area contributed by atoms with E-state index in [0.717, 1.165) is 6.42 Å². The highest BCUT2D eigenvalue weighted by Crippen LogP contribution is 2.21. The van der Waals surface area contributed by atoms with Crippen molar-refractivity contribution in [2.45, 2.75) is 45.6 Å². The number of amides is 2. The van der Waals surface area contributed by atoms with Gasteiger partial charge in [-0.1, -0.05) is 20.3 Å². The molecule has 1 aromatic rings. The van der Waals surface area contributed by atoms with E-state index in [1.165, 1.54) is 12.5 Å². The Kier molecular flexibility index (Phi) is 6.04. The Morgan fingerprint density at radius 2 is 2.12 bits per heavy atom. The number of hydrogen-bond donors (Lipinski definition) is 2. The van der Waals surface area contributed by atoms with Gasteiger partial charge >= 0.3 is 0 Å². The van der Waals surface area contributed by atoms with E-state index in [9.17, 15) is 14.7 Å². The van der Waals surface area contributed by atoms with Gasteiger partial charge in [-0.2, -0.15) is 0 Å². The second kappa shape index (κ2) is 7.83. The molecule has 0 aromatic carbocycles. The Labute approximate surface area is 143 Å². The summed E-state index contributed by atoms with van der Waals surface area (Å²) in [7, 11) is 0. The predicted molar refractivity (Wildman–Crippen MR) is 90.4 cm³/mol. The van der Waals surface area contributed by atoms with Gasteiger partial charge in [0, 0.05) is 25.6 Å². The van der Waals surface area contributed by atoms with Gasteiger partial charge in [0.25, 0.3) is 5.91 Å². The second-order valence-corrected chi connectivity index (χ2v) is 6.96. The highest BCUT2D eigenvalue weighted by molar-refractivity contribution is 5.94. The van der Waals surface area contributed by atoms with Crippen molar-refractivity contribution in [3.05, 3.63) is 24.2 Å². The van der Waals surface area contributed by atoms with E-state index in [1.54, 1.807) is 17.9 Å². The van der Waals surface area contributed by atoms with Gasteiger partial charge in [-0.3, -0.25) is 9.59 Å². The third kappa shape index (κ3) is 4.38. The highest BCUT2D eigenvalue weighted by Gasteiger charge is 2.31. The zero-order valence-corrected chi connectivity index (χ0v) is 14.7. The summed E-state index contributed by atoms with van der Waals surface area (Å²) in [5, 5.41) is 13.2. The van der Waals surface area contributed by atoms with E-state index in [2.05, 4.69) is 5.32 Å². The van der Waals surface area contributed by atoms with Crippen molar-refractivity contribution in [2.75, 3.05) is 19.6 Å². The summed E-state index contributed by atoms with van der Waals surface area (Å²) in [4.78, 5) is 26.3. The zero-order chi connectivity index (χ0) is 17.7. The van der Waals surface area contributed by atoms with Crippen LogP contribution in [0, 0.1) is 11.8 Å². The lowest BCUT2D eigenvalue weighted by Gasteiger charge is -2.33. The van der Waals surface area contributed by atoms with Crippen molar-refractivity contribution in [3.8, 4) is 0 Å². The van der Waals surface area contributed by atoms with Crippen LogP contribution < -0.4 is 5.32 Å². The quantitative estimate of drug-likeness (QED) is 0.833. The molecule has 1 fully saturated rings. The molecule has 2 rings (SSSR count). The smallest absolute Gasteiger partial charge is 0.257 e. The van der Waals surface area contributed by atoms with Crippen LogP contribution in [0.25, 0.3) is 0 Å². The van der Waals surface area contributed by atoms with Crippen LogP contribution in [0.1, 0.15) is 50.4 Å². The maximum atomic E-state index is 12.3. The number of furan rings is 1. The van der Waals surface area contributed by atoms with Gasteiger partial charge in [-0.05, 0) is 31.7 Å². The number of likely N-dealkylation sites (tertiary alicyclic amines) is 1. The van der Waals surface area contributed by atoms with Gasteiger partial charge < -0.3 is 19.7 Å². The Balaban J connectivity index is 1.79. The molecule has 2 N–H and O–H groups in total. The standard InChI is InChI=1S/C18H28N2O4/c1-4-13(2)18(3,23)12-19-16(21)14-5-8-20(9-6-14)17(22)15-7-10-24-11-15/h7,10-11,13-14,23H,4-6,8-9,12H2,1-3H3,(H,19,21). The van der Waals surface area contributed by atoms with E-state index in [-0.39, 0.29) is 30.2 Å². The van der Waals surface area contributed by atoms with Crippen LogP contribution in [0.2, 0.25) is 0 Å². The van der Waals surface area contributed by atoms with E-state index in [4.69, 9.17) is 4.42 Å². The van der Waals surface area contributed by atoms with E-state index < -0.39 is 5.60 Å². The summed E-state index contributed by atoms with van der Waals surface area (Å²) in [5.41, 5.74) is -0.356. The van der Waals surface area contributed by atoms with Crippen molar-refractivity contribution < 1.29 is 19.1 Å². The fourth-order valence-electron chi connectivity index (χ4n) is 2.94. The minimum absolute atomic E-state index is 0.0333. The van der Waals surface area contributed by atoms with Gasteiger partial charge in [0.2, 0.25) is 5.91 Å². The maximum Gasteiger partial charge on any atom is 0.257 e. The first kappa shape index (κ1) is 18.5. The number of piperidine rings is 1. The van der Waals surface area contributed by atoms with Gasteiger partial charge in [0.15, 0.2) is 0 Å². The maximum absolute atomic E-state index is 12.3. The first-order valence-corrected chi connectivity index (χ1v) is 8.66. The average Bonchev–Trinajstić information content (AvgIpc) is 3.13. The molecular formula is C18H28N2O4. The Hall–Kier alpha value is -1.82. The number of nitrogens with one attached hydrogen (secondary N) is 1. The van der Waals surface area contributed by atoms with Crippen molar-refractivity contribution in [2.24, 2.45) is 11.8 Å². The second-order valence-electron chi connectivity index (χ2n) is 6.96. The minimum Gasteiger partial charge on any atom is -0.472 e. The molecule has 0 bridgehead atoms. The summed E-state index contributed by atoms with van der Waals surface area (Å²) >= 11 is 0. The van der Waals surface area contributed by atoms with Crippen LogP contribution in [-0.2, 0) is 4.79 Å². The van der Waals surface area contributed by atoms with Crippen LogP contribution in [-0.4, -0.2) is 47.1 Å². The summed E-state index contributed by atoms with van der Waals surface area (Å²) in [6.45, 7) is 7.14. The largest absolute Gasteiger partial charge is 0.472 e. The molecular weight excluding hydrogens is 308 g/mol. The molecule has 0 saturated carbocycles. The van der Waals surface area contributed by atoms with Gasteiger partial charge in [0.05, 0.1) is 17.4 Å². The molecule has 1 saturated heterocycles. The van der Waals surface area contributed by atoms with E-state index in [1.807, 2.05) is 13.8 Å². The molecule has 2 amide bonds. The van der Waals surface area contributed by atoms with Crippen LogP contribution in [0.4, 0.5) is 0 Å². The third-order valence-electron chi connectivity index (χ3n) is 5.22. The molecule has 1 aromatic heterocycles. The lowest BCUT2D eigenvalue weighted by molar-refractivity contribution is -0.128. The topological polar surface area (TPSA) is 82.8 Å². The lowest BCUT2D eigenvalue weighted by atomic mass is 9.88. The van der Waals surface area contributed by atoms with Crippen LogP contribution >= 0.6 is 0 Å². The number of carbonyl (C=O) groups excluding carboxylic acids is 2. The number of rotatable bonds is 6. The molecule has 2 heterocycles. The highest BCUT2D eigenvalue weighted by atomic mass is 16.3. The molecule has 2 atom stereocenters. The molecule has 1 aliphatic heterocycles. The van der Waals surface area contributed by atoms with Crippen LogP contribution in [0.3, 0.4) is 0 Å². The van der Waals surface area contributed by atoms with E-state index in [0.29, 0.717) is 31.5 Å². The number of nitrogens with zero attached hydrogens (tertiary/aromatic N) is 1. The molecule has 24 heavy (non-hydrogen) atoms. The van der Waals surface area contributed by atoms with Gasteiger partial charge in [-0.15, -0.1) is 0 Å². The number of hydrogen-bond acceptors (Lipinski definition) is 4. The predicted octanol–water partition coefficient (Wildman–Crippen LogP) is 2.05. The first-order valence-electron chi connectivity index (χ1n) is 8.66. The number of aliphatic hydroxyl groups is 1. The Morgan fingerprint density at radius 3 is 2.67 bits per heavy atom. The Bertz CT molecular complexity index is 545. The summed E-state index contributed by atoms with van der Waals surface area (Å²) in [5.74, 6) is -0.0744. The summed E-state index contributed by atoms with van der Waals surface area (Å²) in [6.07, 6.45) is 5.06. The molecule has 6 heteroatoms. The molecule has 1 aliphatic rings. The molecule has 0 spiro atoms. The monoisotopic (exact) mass is 336 g/mol. The summed E-state index contributed by atoms with van der Waals surface area (Å²) in [6, 6.07) is 1.65. The van der Waals surface area contributed by atoms with Gasteiger partial charge in [-0.25, -0.2) is 0 Å². The lowest BCUT2D eigenvalue weighted by Crippen LogP contribution is -2.48. The van der Waals surface area contributed by atoms with Crippen molar-refractivity contribution in [3.63, 3.8) is 0 Å². The van der Waals surface area contributed by atoms with Crippen molar-refractivity contribution in [1.82, 2.24) is 10.2 Å². The molecule has 2 unspecified atom stereocenters. The first-order chi connectivity index (χ1) is 11.3. The fourth-order valence-corrected chi connectivity index (χ4v) is 2.94. The van der Waals surface area contributed by atoms with E-state index >= 15 is 0 Å². The van der Waals surface area contributed by atoms with Gasteiger partial charge in [0.1, 0.15) is 6.26 Å².